The molecular formula is C16H17O2. The first-order chi connectivity index (χ1) is 8.72. The highest BCUT2D eigenvalue weighted by molar-refractivity contribution is 5.46. The van der Waals surface area contributed by atoms with Gasteiger partial charge in [-0.1, -0.05) is 18.2 Å². The second-order valence-electron chi connectivity index (χ2n) is 4.11. The second kappa shape index (κ2) is 5.58. The zero-order valence-corrected chi connectivity index (χ0v) is 11.0. The van der Waals surface area contributed by atoms with E-state index >= 15 is 0 Å². The van der Waals surface area contributed by atoms with Crippen molar-refractivity contribution in [3.8, 4) is 17.2 Å². The Morgan fingerprint density at radius 3 is 2.67 bits per heavy atom. The summed E-state index contributed by atoms with van der Waals surface area (Å²) in [7, 11) is 0. The third-order valence-corrected chi connectivity index (χ3v) is 2.86. The smallest absolute Gasteiger partial charge is 0.169 e. The molecule has 2 heteroatoms. The summed E-state index contributed by atoms with van der Waals surface area (Å²) >= 11 is 0. The van der Waals surface area contributed by atoms with E-state index in [4.69, 9.17) is 9.47 Å². The van der Waals surface area contributed by atoms with E-state index in [2.05, 4.69) is 26.0 Å². The van der Waals surface area contributed by atoms with Gasteiger partial charge in [-0.05, 0) is 56.2 Å². The van der Waals surface area contributed by atoms with E-state index in [1.165, 1.54) is 5.56 Å². The molecule has 2 aromatic rings. The van der Waals surface area contributed by atoms with Crippen LogP contribution in [0.15, 0.2) is 36.4 Å². The third kappa shape index (κ3) is 2.65. The number of hydrogen-bond acceptors (Lipinski definition) is 2. The number of rotatable bonds is 4. The molecule has 0 saturated heterocycles. The Morgan fingerprint density at radius 1 is 1.06 bits per heavy atom. The average molecular weight is 241 g/mol. The quantitative estimate of drug-likeness (QED) is 0.794. The zero-order valence-electron chi connectivity index (χ0n) is 11.0. The van der Waals surface area contributed by atoms with Crippen LogP contribution in [-0.2, 0) is 0 Å². The third-order valence-electron chi connectivity index (χ3n) is 2.86. The van der Waals surface area contributed by atoms with Crippen LogP contribution < -0.4 is 9.47 Å². The highest BCUT2D eigenvalue weighted by Gasteiger charge is 2.07. The highest BCUT2D eigenvalue weighted by atomic mass is 16.5. The Hall–Kier alpha value is -1.96. The van der Waals surface area contributed by atoms with Gasteiger partial charge in [-0.3, -0.25) is 0 Å². The van der Waals surface area contributed by atoms with Crippen LogP contribution in [0.4, 0.5) is 0 Å². The average Bonchev–Trinajstić information content (AvgIpc) is 2.37. The summed E-state index contributed by atoms with van der Waals surface area (Å²) in [6.45, 7) is 6.70. The van der Waals surface area contributed by atoms with E-state index in [0.29, 0.717) is 12.4 Å². The van der Waals surface area contributed by atoms with Gasteiger partial charge in [-0.25, -0.2) is 0 Å². The zero-order chi connectivity index (χ0) is 13.0. The number of hydrogen-bond donors (Lipinski definition) is 0. The normalized spacial score (nSPS) is 10.2. The van der Waals surface area contributed by atoms with Crippen LogP contribution in [0, 0.1) is 19.9 Å². The van der Waals surface area contributed by atoms with Crippen LogP contribution in [0.25, 0.3) is 0 Å². The first kappa shape index (κ1) is 12.5. The summed E-state index contributed by atoms with van der Waals surface area (Å²) in [6, 6.07) is 14.5. The maximum atomic E-state index is 5.92. The molecule has 0 spiro atoms. The molecule has 0 amide bonds. The predicted molar refractivity (Wildman–Crippen MR) is 72.4 cm³/mol. The molecule has 0 fully saturated rings. The first-order valence-corrected chi connectivity index (χ1v) is 6.09. The van der Waals surface area contributed by atoms with Gasteiger partial charge in [-0.2, -0.15) is 0 Å². The maximum Gasteiger partial charge on any atom is 0.169 e. The minimum absolute atomic E-state index is 0.618. The van der Waals surface area contributed by atoms with Crippen molar-refractivity contribution in [2.75, 3.05) is 6.61 Å². The molecule has 93 valence electrons. The molecule has 0 aromatic heterocycles. The molecular weight excluding hydrogens is 224 g/mol. The molecule has 0 aliphatic rings. The molecule has 0 aliphatic carbocycles. The van der Waals surface area contributed by atoms with E-state index in [1.54, 1.807) is 6.07 Å². The van der Waals surface area contributed by atoms with E-state index in [9.17, 15) is 0 Å². The van der Waals surface area contributed by atoms with Gasteiger partial charge < -0.3 is 9.47 Å². The van der Waals surface area contributed by atoms with E-state index in [1.807, 2.05) is 31.2 Å². The lowest BCUT2D eigenvalue weighted by molar-refractivity contribution is 0.321. The Labute approximate surface area is 108 Å². The largest absolute Gasteiger partial charge is 0.490 e. The summed E-state index contributed by atoms with van der Waals surface area (Å²) in [5.74, 6) is 2.31. The summed E-state index contributed by atoms with van der Waals surface area (Å²) in [4.78, 5) is 0. The fourth-order valence-electron chi connectivity index (χ4n) is 1.71. The summed E-state index contributed by atoms with van der Waals surface area (Å²) in [5.41, 5.74) is 2.36. The molecule has 2 aromatic carbocycles. The van der Waals surface area contributed by atoms with Crippen LogP contribution >= 0.6 is 0 Å². The number of benzene rings is 2. The summed E-state index contributed by atoms with van der Waals surface area (Å²) in [6.07, 6.45) is 0. The Kier molecular flexibility index (Phi) is 3.88. The fourth-order valence-corrected chi connectivity index (χ4v) is 1.71. The molecule has 0 aliphatic heterocycles. The van der Waals surface area contributed by atoms with Gasteiger partial charge in [0.25, 0.3) is 0 Å². The van der Waals surface area contributed by atoms with Crippen molar-refractivity contribution in [3.63, 3.8) is 0 Å². The Morgan fingerprint density at radius 2 is 1.89 bits per heavy atom. The fraction of sp³-hybridized carbons (Fsp3) is 0.250. The van der Waals surface area contributed by atoms with E-state index in [-0.39, 0.29) is 0 Å². The van der Waals surface area contributed by atoms with Gasteiger partial charge >= 0.3 is 0 Å². The van der Waals surface area contributed by atoms with Gasteiger partial charge in [0.1, 0.15) is 5.75 Å². The summed E-state index contributed by atoms with van der Waals surface area (Å²) < 4.78 is 11.5. The molecule has 0 N–H and O–H groups in total. The van der Waals surface area contributed by atoms with E-state index in [0.717, 1.165) is 17.1 Å². The Bertz CT molecular complexity index is 532. The first-order valence-electron chi connectivity index (χ1n) is 6.09. The van der Waals surface area contributed by atoms with Crippen molar-refractivity contribution in [1.82, 2.24) is 0 Å². The van der Waals surface area contributed by atoms with Crippen LogP contribution in [0.3, 0.4) is 0 Å². The molecule has 0 unspecified atom stereocenters. The van der Waals surface area contributed by atoms with Crippen molar-refractivity contribution in [2.45, 2.75) is 20.8 Å². The Balaban J connectivity index is 2.31. The van der Waals surface area contributed by atoms with Gasteiger partial charge in [-0.15, -0.1) is 0 Å². The van der Waals surface area contributed by atoms with Crippen molar-refractivity contribution in [1.29, 1.82) is 0 Å². The van der Waals surface area contributed by atoms with Crippen molar-refractivity contribution in [3.05, 3.63) is 53.6 Å². The lowest BCUT2D eigenvalue weighted by Gasteiger charge is -2.13. The van der Waals surface area contributed by atoms with Gasteiger partial charge in [0, 0.05) is 0 Å². The van der Waals surface area contributed by atoms with Crippen LogP contribution in [0.1, 0.15) is 18.1 Å². The standard InChI is InChI=1S/C16H17O2/c1-4-17-15-9-5-6-10-16(15)18-14-11-7-8-12(2)13(14)3/h5,7-11H,4H2,1-3H3. The number of aryl methyl sites for hydroxylation is 1. The number of ether oxygens (including phenoxy) is 2. The van der Waals surface area contributed by atoms with Crippen LogP contribution in [-0.4, -0.2) is 6.61 Å². The predicted octanol–water partition coefficient (Wildman–Crippen LogP) is 4.29. The SMILES string of the molecule is CCOc1cc[c]cc1Oc1cccc(C)c1C. The molecule has 2 rings (SSSR count). The van der Waals surface area contributed by atoms with Crippen LogP contribution in [0.2, 0.25) is 0 Å². The summed E-state index contributed by atoms with van der Waals surface area (Å²) in [5, 5.41) is 0. The minimum Gasteiger partial charge on any atom is -0.490 e. The lowest BCUT2D eigenvalue weighted by Crippen LogP contribution is -1.96. The molecule has 0 atom stereocenters. The molecule has 0 heterocycles. The molecule has 1 radical (unpaired) electrons. The second-order valence-corrected chi connectivity index (χ2v) is 4.11. The molecule has 18 heavy (non-hydrogen) atoms. The minimum atomic E-state index is 0.618. The molecule has 2 nitrogen and oxygen atoms in total. The van der Waals surface area contributed by atoms with Crippen molar-refractivity contribution in [2.24, 2.45) is 0 Å². The highest BCUT2D eigenvalue weighted by Crippen LogP contribution is 2.33. The topological polar surface area (TPSA) is 18.5 Å². The monoisotopic (exact) mass is 241 g/mol. The van der Waals surface area contributed by atoms with Crippen molar-refractivity contribution >= 4 is 0 Å². The van der Waals surface area contributed by atoms with Gasteiger partial charge in [0.15, 0.2) is 11.5 Å². The van der Waals surface area contributed by atoms with Gasteiger partial charge in [0.2, 0.25) is 0 Å². The van der Waals surface area contributed by atoms with Gasteiger partial charge in [0.05, 0.1) is 6.61 Å². The maximum absolute atomic E-state index is 5.92. The molecule has 0 saturated carbocycles. The van der Waals surface area contributed by atoms with Crippen molar-refractivity contribution < 1.29 is 9.47 Å². The van der Waals surface area contributed by atoms with Crippen LogP contribution in [0.5, 0.6) is 17.2 Å². The molecule has 0 bridgehead atoms. The lowest BCUT2D eigenvalue weighted by atomic mass is 10.1. The van der Waals surface area contributed by atoms with E-state index < -0.39 is 0 Å².